The number of aliphatic hydroxyl groups excluding tert-OH is 1. The van der Waals surface area contributed by atoms with Crippen molar-refractivity contribution in [3.63, 3.8) is 0 Å². The topological polar surface area (TPSA) is 75.3 Å². The second-order valence-corrected chi connectivity index (χ2v) is 5.90. The number of thiophene rings is 1. The molecule has 96 valence electrons. The smallest absolute Gasteiger partial charge is 0.249 e. The first kappa shape index (κ1) is 14.2. The first-order chi connectivity index (χ1) is 7.94. The molecule has 0 radical (unpaired) electrons. The first-order valence-corrected chi connectivity index (χ1v) is 6.51. The van der Waals surface area contributed by atoms with Gasteiger partial charge in [0.25, 0.3) is 0 Å². The van der Waals surface area contributed by atoms with Crippen molar-refractivity contribution in [2.45, 2.75) is 26.8 Å². The predicted octanol–water partition coefficient (Wildman–Crippen LogP) is 1.35. The summed E-state index contributed by atoms with van der Waals surface area (Å²) in [5, 5.41) is 14.0. The van der Waals surface area contributed by atoms with E-state index in [0.29, 0.717) is 5.56 Å². The van der Waals surface area contributed by atoms with Crippen LogP contribution < -0.4 is 11.1 Å². The zero-order valence-electron chi connectivity index (χ0n) is 10.3. The van der Waals surface area contributed by atoms with Crippen LogP contribution in [0.1, 0.15) is 35.5 Å². The van der Waals surface area contributed by atoms with Gasteiger partial charge in [0.15, 0.2) is 0 Å². The zero-order chi connectivity index (χ0) is 12.9. The Balaban J connectivity index is 2.38. The highest BCUT2D eigenvalue weighted by molar-refractivity contribution is 7.10. The van der Waals surface area contributed by atoms with Crippen molar-refractivity contribution >= 4 is 17.2 Å². The molecule has 0 bridgehead atoms. The largest absolute Gasteiger partial charge is 0.396 e. The van der Waals surface area contributed by atoms with Crippen LogP contribution in [0.2, 0.25) is 0 Å². The second kappa shape index (κ2) is 6.14. The van der Waals surface area contributed by atoms with Crippen molar-refractivity contribution in [3.05, 3.63) is 21.9 Å². The molecule has 0 aliphatic heterocycles. The summed E-state index contributed by atoms with van der Waals surface area (Å²) in [6.07, 6.45) is 0.775. The number of aliphatic hydroxyl groups is 1. The maximum Gasteiger partial charge on any atom is 0.249 e. The van der Waals surface area contributed by atoms with Gasteiger partial charge < -0.3 is 16.2 Å². The van der Waals surface area contributed by atoms with Crippen LogP contribution in [-0.2, 0) is 6.54 Å². The van der Waals surface area contributed by atoms with Crippen LogP contribution >= 0.6 is 11.3 Å². The van der Waals surface area contributed by atoms with E-state index in [1.54, 1.807) is 5.38 Å². The number of nitrogens with two attached hydrogens (primary N) is 1. The Morgan fingerprint density at radius 1 is 1.59 bits per heavy atom. The third-order valence-corrected chi connectivity index (χ3v) is 3.57. The van der Waals surface area contributed by atoms with Crippen LogP contribution in [0.25, 0.3) is 0 Å². The Hall–Kier alpha value is -0.910. The minimum atomic E-state index is -0.381. The number of hydrogen-bond acceptors (Lipinski definition) is 4. The molecule has 0 spiro atoms. The fourth-order valence-electron chi connectivity index (χ4n) is 1.52. The molecule has 1 heterocycles. The maximum atomic E-state index is 10.9. The van der Waals surface area contributed by atoms with Gasteiger partial charge in [0.05, 0.1) is 5.56 Å². The molecule has 0 unspecified atom stereocenters. The molecule has 1 aromatic heterocycles. The van der Waals surface area contributed by atoms with E-state index >= 15 is 0 Å². The van der Waals surface area contributed by atoms with Crippen molar-refractivity contribution in [2.75, 3.05) is 13.2 Å². The molecule has 1 rings (SSSR count). The van der Waals surface area contributed by atoms with Gasteiger partial charge in [-0.05, 0) is 17.9 Å². The Kier molecular flexibility index (Phi) is 5.11. The monoisotopic (exact) mass is 256 g/mol. The van der Waals surface area contributed by atoms with Crippen LogP contribution in [0.4, 0.5) is 0 Å². The van der Waals surface area contributed by atoms with E-state index in [2.05, 4.69) is 19.2 Å². The van der Waals surface area contributed by atoms with Gasteiger partial charge in [-0.25, -0.2) is 0 Å². The van der Waals surface area contributed by atoms with Crippen LogP contribution in [0, 0.1) is 5.41 Å². The molecule has 0 saturated carbocycles. The molecule has 0 aromatic carbocycles. The number of carbonyl (C=O) groups is 1. The molecule has 0 saturated heterocycles. The minimum absolute atomic E-state index is 0.0819. The van der Waals surface area contributed by atoms with Crippen molar-refractivity contribution < 1.29 is 9.90 Å². The van der Waals surface area contributed by atoms with E-state index in [1.165, 1.54) is 11.3 Å². The number of nitrogens with one attached hydrogen (secondary N) is 1. The highest BCUT2D eigenvalue weighted by Gasteiger charge is 2.16. The summed E-state index contributed by atoms with van der Waals surface area (Å²) in [7, 11) is 0. The Labute approximate surface area is 106 Å². The second-order valence-electron chi connectivity index (χ2n) is 4.91. The highest BCUT2D eigenvalue weighted by atomic mass is 32.1. The summed E-state index contributed by atoms with van der Waals surface area (Å²) in [5.74, 6) is -0.381. The summed E-state index contributed by atoms with van der Waals surface area (Å²) < 4.78 is 0. The molecule has 0 atom stereocenters. The fourth-order valence-corrected chi connectivity index (χ4v) is 2.36. The number of rotatable bonds is 7. The lowest BCUT2D eigenvalue weighted by atomic mass is 9.90. The molecule has 1 aromatic rings. The Bertz CT molecular complexity index is 374. The van der Waals surface area contributed by atoms with Crippen LogP contribution in [0.5, 0.6) is 0 Å². The number of amides is 1. The van der Waals surface area contributed by atoms with Crippen molar-refractivity contribution in [1.82, 2.24) is 5.32 Å². The Morgan fingerprint density at radius 3 is 2.82 bits per heavy atom. The number of carbonyl (C=O) groups excluding carboxylic acids is 1. The molecular weight excluding hydrogens is 236 g/mol. The Morgan fingerprint density at radius 2 is 2.29 bits per heavy atom. The lowest BCUT2D eigenvalue weighted by Crippen LogP contribution is -2.29. The van der Waals surface area contributed by atoms with Gasteiger partial charge in [0.1, 0.15) is 0 Å². The molecule has 0 aliphatic carbocycles. The maximum absolute atomic E-state index is 10.9. The first-order valence-electron chi connectivity index (χ1n) is 5.63. The van der Waals surface area contributed by atoms with Crippen molar-refractivity contribution in [3.8, 4) is 0 Å². The van der Waals surface area contributed by atoms with Crippen LogP contribution in [0.3, 0.4) is 0 Å². The van der Waals surface area contributed by atoms with E-state index in [4.69, 9.17) is 10.8 Å². The SMILES string of the molecule is CC(C)(CCO)CNCc1cc(C(N)=O)cs1. The van der Waals surface area contributed by atoms with E-state index in [9.17, 15) is 4.79 Å². The molecule has 0 fully saturated rings. The van der Waals surface area contributed by atoms with Crippen molar-refractivity contribution in [1.29, 1.82) is 0 Å². The number of hydrogen-bond donors (Lipinski definition) is 3. The third kappa shape index (κ3) is 4.85. The molecule has 5 heteroatoms. The van der Waals surface area contributed by atoms with Gasteiger partial charge >= 0.3 is 0 Å². The zero-order valence-corrected chi connectivity index (χ0v) is 11.1. The molecule has 0 aliphatic rings. The highest BCUT2D eigenvalue weighted by Crippen LogP contribution is 2.19. The molecule has 17 heavy (non-hydrogen) atoms. The van der Waals surface area contributed by atoms with Gasteiger partial charge in [-0.15, -0.1) is 11.3 Å². The third-order valence-electron chi connectivity index (χ3n) is 2.63. The van der Waals surface area contributed by atoms with E-state index in [-0.39, 0.29) is 17.9 Å². The van der Waals surface area contributed by atoms with Crippen LogP contribution in [-0.4, -0.2) is 24.2 Å². The lowest BCUT2D eigenvalue weighted by Gasteiger charge is -2.23. The van der Waals surface area contributed by atoms with E-state index < -0.39 is 0 Å². The summed E-state index contributed by atoms with van der Waals surface area (Å²) in [6, 6.07) is 1.82. The summed E-state index contributed by atoms with van der Waals surface area (Å²) in [5.41, 5.74) is 5.84. The van der Waals surface area contributed by atoms with Gasteiger partial charge in [-0.1, -0.05) is 13.8 Å². The molecular formula is C12H20N2O2S. The van der Waals surface area contributed by atoms with Gasteiger partial charge in [0.2, 0.25) is 5.91 Å². The molecule has 4 nitrogen and oxygen atoms in total. The summed E-state index contributed by atoms with van der Waals surface area (Å²) in [6.45, 7) is 5.99. The normalized spacial score (nSPS) is 11.7. The minimum Gasteiger partial charge on any atom is -0.396 e. The quantitative estimate of drug-likeness (QED) is 0.689. The summed E-state index contributed by atoms with van der Waals surface area (Å²) in [4.78, 5) is 12.0. The number of primary amides is 1. The van der Waals surface area contributed by atoms with Gasteiger partial charge in [-0.2, -0.15) is 0 Å². The average Bonchev–Trinajstić information content (AvgIpc) is 2.66. The molecule has 1 amide bonds. The summed E-state index contributed by atoms with van der Waals surface area (Å²) >= 11 is 1.53. The van der Waals surface area contributed by atoms with E-state index in [0.717, 1.165) is 24.4 Å². The average molecular weight is 256 g/mol. The van der Waals surface area contributed by atoms with Crippen molar-refractivity contribution in [2.24, 2.45) is 11.1 Å². The standard InChI is InChI=1S/C12H20N2O2S/c1-12(2,3-4-15)8-14-6-10-5-9(7-17-10)11(13)16/h5,7,14-15H,3-4,6,8H2,1-2H3,(H2,13,16). The van der Waals surface area contributed by atoms with Crippen LogP contribution in [0.15, 0.2) is 11.4 Å². The molecule has 4 N–H and O–H groups in total. The van der Waals surface area contributed by atoms with Gasteiger partial charge in [0, 0.05) is 30.0 Å². The lowest BCUT2D eigenvalue weighted by molar-refractivity contribution is 0.100. The van der Waals surface area contributed by atoms with Gasteiger partial charge in [-0.3, -0.25) is 4.79 Å². The predicted molar refractivity (Wildman–Crippen MR) is 70.0 cm³/mol. The fraction of sp³-hybridized carbons (Fsp3) is 0.583. The van der Waals surface area contributed by atoms with E-state index in [1.807, 2.05) is 6.07 Å².